The van der Waals surface area contributed by atoms with Crippen molar-refractivity contribution in [3.63, 3.8) is 0 Å². The minimum absolute atomic E-state index is 0.170. The molecule has 0 atom stereocenters. The maximum absolute atomic E-state index is 5.36. The Morgan fingerprint density at radius 1 is 1.43 bits per heavy atom. The zero-order valence-corrected chi connectivity index (χ0v) is 7.93. The smallest absolute Gasteiger partial charge is 0.157 e. The fraction of sp³-hybridized carbons (Fsp3) is 0.222. The summed E-state index contributed by atoms with van der Waals surface area (Å²) in [5.74, 6) is 6.58. The van der Waals surface area contributed by atoms with Crippen LogP contribution in [0.15, 0.2) is 29.4 Å². The average Bonchev–Trinajstić information content (AvgIpc) is 2.26. The SMILES string of the molecule is COc1cccc(OC/C(N)=N/N)c1. The van der Waals surface area contributed by atoms with Gasteiger partial charge in [-0.2, -0.15) is 5.10 Å². The van der Waals surface area contributed by atoms with E-state index in [0.29, 0.717) is 5.75 Å². The molecule has 0 spiro atoms. The Bertz CT molecular complexity index is 326. The largest absolute Gasteiger partial charge is 0.497 e. The Morgan fingerprint density at radius 3 is 2.79 bits per heavy atom. The van der Waals surface area contributed by atoms with Gasteiger partial charge >= 0.3 is 0 Å². The van der Waals surface area contributed by atoms with Crippen LogP contribution in [0.25, 0.3) is 0 Å². The van der Waals surface area contributed by atoms with Gasteiger partial charge in [-0.05, 0) is 12.1 Å². The molecule has 1 aromatic carbocycles. The number of amidine groups is 1. The summed E-state index contributed by atoms with van der Waals surface area (Å²) < 4.78 is 10.3. The van der Waals surface area contributed by atoms with Gasteiger partial charge < -0.3 is 21.1 Å². The molecule has 0 aliphatic rings. The van der Waals surface area contributed by atoms with E-state index in [1.54, 1.807) is 19.2 Å². The molecular formula is C9H13N3O2. The number of hydrogen-bond donors (Lipinski definition) is 2. The number of rotatable bonds is 4. The van der Waals surface area contributed by atoms with Crippen LogP contribution in [0.4, 0.5) is 0 Å². The summed E-state index contributed by atoms with van der Waals surface area (Å²) in [6, 6.07) is 7.20. The summed E-state index contributed by atoms with van der Waals surface area (Å²) in [5.41, 5.74) is 5.36. The molecule has 5 nitrogen and oxygen atoms in total. The van der Waals surface area contributed by atoms with Crippen molar-refractivity contribution in [2.75, 3.05) is 13.7 Å². The lowest BCUT2D eigenvalue weighted by Gasteiger charge is -2.06. The maximum Gasteiger partial charge on any atom is 0.157 e. The van der Waals surface area contributed by atoms with Crippen LogP contribution in [0, 0.1) is 0 Å². The first-order valence-corrected chi connectivity index (χ1v) is 4.05. The van der Waals surface area contributed by atoms with Crippen LogP contribution in [0.1, 0.15) is 0 Å². The van der Waals surface area contributed by atoms with Crippen molar-refractivity contribution >= 4 is 5.84 Å². The monoisotopic (exact) mass is 195 g/mol. The van der Waals surface area contributed by atoms with E-state index in [1.807, 2.05) is 12.1 Å². The Balaban J connectivity index is 2.58. The molecule has 0 aromatic heterocycles. The van der Waals surface area contributed by atoms with Gasteiger partial charge in [0.25, 0.3) is 0 Å². The highest BCUT2D eigenvalue weighted by molar-refractivity contribution is 5.81. The molecule has 4 N–H and O–H groups in total. The van der Waals surface area contributed by atoms with Crippen LogP contribution in [-0.4, -0.2) is 19.6 Å². The van der Waals surface area contributed by atoms with Gasteiger partial charge in [-0.3, -0.25) is 0 Å². The van der Waals surface area contributed by atoms with Gasteiger partial charge in [0, 0.05) is 6.07 Å². The third-order valence-corrected chi connectivity index (χ3v) is 1.59. The maximum atomic E-state index is 5.36. The van der Waals surface area contributed by atoms with Crippen LogP contribution >= 0.6 is 0 Å². The van der Waals surface area contributed by atoms with E-state index in [1.165, 1.54) is 0 Å². The molecule has 0 saturated heterocycles. The molecule has 0 heterocycles. The van der Waals surface area contributed by atoms with E-state index < -0.39 is 0 Å². The summed E-state index contributed by atoms with van der Waals surface area (Å²) >= 11 is 0. The van der Waals surface area contributed by atoms with E-state index in [9.17, 15) is 0 Å². The van der Waals surface area contributed by atoms with Gasteiger partial charge in [-0.25, -0.2) is 0 Å². The van der Waals surface area contributed by atoms with Crippen molar-refractivity contribution in [1.29, 1.82) is 0 Å². The van der Waals surface area contributed by atoms with E-state index in [0.717, 1.165) is 5.75 Å². The second-order valence-electron chi connectivity index (χ2n) is 2.59. The fourth-order valence-electron chi connectivity index (χ4n) is 0.886. The van der Waals surface area contributed by atoms with E-state index in [2.05, 4.69) is 5.10 Å². The zero-order chi connectivity index (χ0) is 10.4. The number of benzene rings is 1. The molecule has 0 aliphatic heterocycles. The molecule has 0 unspecified atom stereocenters. The molecule has 1 rings (SSSR count). The van der Waals surface area contributed by atoms with Crippen molar-refractivity contribution in [3.05, 3.63) is 24.3 Å². The second-order valence-corrected chi connectivity index (χ2v) is 2.59. The molecule has 76 valence electrons. The molecule has 0 radical (unpaired) electrons. The van der Waals surface area contributed by atoms with Gasteiger partial charge in [0.2, 0.25) is 0 Å². The predicted molar refractivity (Wildman–Crippen MR) is 54.3 cm³/mol. The topological polar surface area (TPSA) is 82.9 Å². The highest BCUT2D eigenvalue weighted by atomic mass is 16.5. The van der Waals surface area contributed by atoms with Crippen LogP contribution in [0.2, 0.25) is 0 Å². The summed E-state index contributed by atoms with van der Waals surface area (Å²) in [6.07, 6.45) is 0. The minimum Gasteiger partial charge on any atom is -0.497 e. The Morgan fingerprint density at radius 2 is 2.14 bits per heavy atom. The van der Waals surface area contributed by atoms with Crippen LogP contribution in [0.3, 0.4) is 0 Å². The van der Waals surface area contributed by atoms with Crippen molar-refractivity contribution < 1.29 is 9.47 Å². The van der Waals surface area contributed by atoms with Crippen molar-refractivity contribution in [2.45, 2.75) is 0 Å². The molecule has 0 bridgehead atoms. The van der Waals surface area contributed by atoms with Gasteiger partial charge in [-0.1, -0.05) is 6.07 Å². The number of hydrogen-bond acceptors (Lipinski definition) is 4. The molecule has 1 aromatic rings. The van der Waals surface area contributed by atoms with Gasteiger partial charge in [0.05, 0.1) is 7.11 Å². The van der Waals surface area contributed by atoms with Crippen molar-refractivity contribution in [1.82, 2.24) is 0 Å². The molecular weight excluding hydrogens is 182 g/mol. The highest BCUT2D eigenvalue weighted by Crippen LogP contribution is 2.18. The number of nitrogens with zero attached hydrogens (tertiary/aromatic N) is 1. The third-order valence-electron chi connectivity index (χ3n) is 1.59. The minimum atomic E-state index is 0.170. The van der Waals surface area contributed by atoms with Crippen molar-refractivity contribution in [2.24, 2.45) is 16.7 Å². The third kappa shape index (κ3) is 2.85. The fourth-order valence-corrected chi connectivity index (χ4v) is 0.886. The number of hydrazone groups is 1. The van der Waals surface area contributed by atoms with Crippen LogP contribution < -0.4 is 21.1 Å². The van der Waals surface area contributed by atoms with E-state index in [4.69, 9.17) is 21.1 Å². The number of ether oxygens (including phenoxy) is 2. The van der Waals surface area contributed by atoms with E-state index >= 15 is 0 Å². The summed E-state index contributed by atoms with van der Waals surface area (Å²) in [6.45, 7) is 0.170. The summed E-state index contributed by atoms with van der Waals surface area (Å²) in [7, 11) is 1.59. The highest BCUT2D eigenvalue weighted by Gasteiger charge is 1.97. The van der Waals surface area contributed by atoms with Gasteiger partial charge in [0.15, 0.2) is 5.84 Å². The first-order chi connectivity index (χ1) is 6.76. The second kappa shape index (κ2) is 4.96. The first kappa shape index (κ1) is 10.2. The number of methoxy groups -OCH3 is 1. The van der Waals surface area contributed by atoms with Crippen LogP contribution in [0.5, 0.6) is 11.5 Å². The van der Waals surface area contributed by atoms with Crippen molar-refractivity contribution in [3.8, 4) is 11.5 Å². The molecule has 0 fully saturated rings. The lowest BCUT2D eigenvalue weighted by atomic mass is 10.3. The molecule has 14 heavy (non-hydrogen) atoms. The van der Waals surface area contributed by atoms with Gasteiger partial charge in [-0.15, -0.1) is 0 Å². The lowest BCUT2D eigenvalue weighted by Crippen LogP contribution is -2.22. The molecule has 0 aliphatic carbocycles. The average molecular weight is 195 g/mol. The zero-order valence-electron chi connectivity index (χ0n) is 7.93. The Labute approximate surface area is 82.3 Å². The Hall–Kier alpha value is -1.91. The normalized spacial score (nSPS) is 11.1. The summed E-state index contributed by atoms with van der Waals surface area (Å²) in [4.78, 5) is 0. The molecule has 0 amide bonds. The van der Waals surface area contributed by atoms with E-state index in [-0.39, 0.29) is 12.4 Å². The lowest BCUT2D eigenvalue weighted by molar-refractivity contribution is 0.367. The quantitative estimate of drug-likeness (QED) is 0.313. The Kier molecular flexibility index (Phi) is 3.60. The molecule has 0 saturated carbocycles. The molecule has 5 heteroatoms. The number of nitrogens with two attached hydrogens (primary N) is 2. The standard InChI is InChI=1S/C9H13N3O2/c1-13-7-3-2-4-8(5-7)14-6-9(10)12-11/h2-5H,6,11H2,1H3,(H2,10,12). The van der Waals surface area contributed by atoms with Gasteiger partial charge in [0.1, 0.15) is 18.1 Å². The first-order valence-electron chi connectivity index (χ1n) is 4.05. The predicted octanol–water partition coefficient (Wildman–Crippen LogP) is 0.305. The summed E-state index contributed by atoms with van der Waals surface area (Å²) in [5, 5.41) is 3.28. The van der Waals surface area contributed by atoms with Crippen LogP contribution in [-0.2, 0) is 0 Å².